The topological polar surface area (TPSA) is 41.4 Å². The Morgan fingerprint density at radius 3 is 2.44 bits per heavy atom. The van der Waals surface area contributed by atoms with Gasteiger partial charge in [-0.2, -0.15) is 5.10 Å². The Bertz CT molecular complexity index is 820. The molecule has 0 N–H and O–H groups in total. The zero-order valence-corrected chi connectivity index (χ0v) is 16.4. The predicted molar refractivity (Wildman–Crippen MR) is 100 cm³/mol. The molecule has 1 aliphatic rings. The number of hydrogen-bond acceptors (Lipinski definition) is 3. The van der Waals surface area contributed by atoms with Crippen LogP contribution in [0.1, 0.15) is 23.4 Å². The Balaban J connectivity index is 1.56. The zero-order chi connectivity index (χ0) is 19.6. The number of piperazine rings is 1. The molecule has 1 amide bonds. The normalized spacial score (nSPS) is 15.6. The first kappa shape index (κ1) is 20.0. The van der Waals surface area contributed by atoms with Crippen molar-refractivity contribution in [2.45, 2.75) is 26.4 Å². The Morgan fingerprint density at radius 1 is 1.19 bits per heavy atom. The number of carbonyl (C=O) groups excluding carboxylic acids is 1. The third kappa shape index (κ3) is 4.59. The molecule has 0 saturated carbocycles. The fourth-order valence-electron chi connectivity index (χ4n) is 3.09. The van der Waals surface area contributed by atoms with Gasteiger partial charge in [-0.3, -0.25) is 14.4 Å². The predicted octanol–water partition coefficient (Wildman–Crippen LogP) is 3.78. The molecule has 1 aromatic carbocycles. The van der Waals surface area contributed by atoms with Crippen molar-refractivity contribution in [1.29, 1.82) is 0 Å². The van der Waals surface area contributed by atoms with E-state index < -0.39 is 12.1 Å². The number of hydrogen-bond donors (Lipinski definition) is 0. The van der Waals surface area contributed by atoms with Crippen LogP contribution in [0.5, 0.6) is 0 Å². The number of nitrogens with zero attached hydrogens (tertiary/aromatic N) is 4. The van der Waals surface area contributed by atoms with Gasteiger partial charge in [-0.25, -0.2) is 8.78 Å². The summed E-state index contributed by atoms with van der Waals surface area (Å²) in [5.74, 6) is -0.157. The molecule has 2 aromatic rings. The van der Waals surface area contributed by atoms with Gasteiger partial charge >= 0.3 is 0 Å². The molecule has 0 bridgehead atoms. The highest BCUT2D eigenvalue weighted by Crippen LogP contribution is 2.28. The molecule has 0 radical (unpaired) electrons. The van der Waals surface area contributed by atoms with E-state index in [1.165, 1.54) is 4.68 Å². The van der Waals surface area contributed by atoms with Crippen molar-refractivity contribution in [3.8, 4) is 0 Å². The van der Waals surface area contributed by atoms with Crippen LogP contribution in [0.4, 0.5) is 8.78 Å². The fourth-order valence-corrected chi connectivity index (χ4v) is 3.51. The molecule has 3 rings (SSSR count). The molecule has 146 valence electrons. The summed E-state index contributed by atoms with van der Waals surface area (Å²) in [6.07, 6.45) is -2.76. The second kappa shape index (κ2) is 8.54. The maximum Gasteiger partial charge on any atom is 0.283 e. The molecule has 1 aliphatic heterocycles. The summed E-state index contributed by atoms with van der Waals surface area (Å²) in [4.78, 5) is 16.5. The van der Waals surface area contributed by atoms with Gasteiger partial charge in [-0.1, -0.05) is 41.4 Å². The molecular weight excluding hydrogens is 397 g/mol. The minimum Gasteiger partial charge on any atom is -0.339 e. The zero-order valence-electron chi connectivity index (χ0n) is 14.8. The quantitative estimate of drug-likeness (QED) is 0.744. The maximum atomic E-state index is 12.9. The number of benzene rings is 1. The van der Waals surface area contributed by atoms with Gasteiger partial charge in [0, 0.05) is 37.7 Å². The summed E-state index contributed by atoms with van der Waals surface area (Å²) < 4.78 is 27.0. The van der Waals surface area contributed by atoms with E-state index in [-0.39, 0.29) is 17.5 Å². The number of halogens is 4. The van der Waals surface area contributed by atoms with Crippen LogP contribution in [0.2, 0.25) is 10.0 Å². The molecule has 0 spiro atoms. The van der Waals surface area contributed by atoms with E-state index in [0.29, 0.717) is 18.8 Å². The number of alkyl halides is 2. The van der Waals surface area contributed by atoms with Crippen LogP contribution in [-0.2, 0) is 17.9 Å². The number of amides is 1. The van der Waals surface area contributed by atoms with Crippen molar-refractivity contribution in [1.82, 2.24) is 19.6 Å². The lowest BCUT2D eigenvalue weighted by Gasteiger charge is -2.35. The highest BCUT2D eigenvalue weighted by Gasteiger charge is 2.25. The van der Waals surface area contributed by atoms with E-state index in [9.17, 15) is 13.6 Å². The van der Waals surface area contributed by atoms with Crippen LogP contribution in [0.25, 0.3) is 0 Å². The van der Waals surface area contributed by atoms with Gasteiger partial charge in [0.2, 0.25) is 5.91 Å². The van der Waals surface area contributed by atoms with E-state index in [4.69, 9.17) is 23.2 Å². The van der Waals surface area contributed by atoms with Crippen molar-refractivity contribution in [2.75, 3.05) is 26.2 Å². The fraction of sp³-hybridized carbons (Fsp3) is 0.444. The number of carbonyl (C=O) groups is 1. The van der Waals surface area contributed by atoms with E-state index >= 15 is 0 Å². The lowest BCUT2D eigenvalue weighted by Crippen LogP contribution is -2.49. The Labute approximate surface area is 166 Å². The molecule has 5 nitrogen and oxygen atoms in total. The minimum atomic E-state index is -2.76. The van der Waals surface area contributed by atoms with Gasteiger partial charge in [-0.15, -0.1) is 0 Å². The van der Waals surface area contributed by atoms with Crippen LogP contribution >= 0.6 is 23.2 Å². The minimum absolute atomic E-state index is 0.0811. The second-order valence-electron chi connectivity index (χ2n) is 6.49. The first-order chi connectivity index (χ1) is 12.9. The largest absolute Gasteiger partial charge is 0.339 e. The highest BCUT2D eigenvalue weighted by molar-refractivity contribution is 6.32. The molecule has 1 fully saturated rings. The van der Waals surface area contributed by atoms with Crippen molar-refractivity contribution >= 4 is 29.1 Å². The second-order valence-corrected chi connectivity index (χ2v) is 7.28. The van der Waals surface area contributed by atoms with E-state index in [1.807, 2.05) is 24.3 Å². The summed E-state index contributed by atoms with van der Waals surface area (Å²) in [6.45, 7) is 4.79. The van der Waals surface area contributed by atoms with Crippen LogP contribution < -0.4 is 0 Å². The van der Waals surface area contributed by atoms with E-state index in [2.05, 4.69) is 10.00 Å². The van der Waals surface area contributed by atoms with Crippen LogP contribution in [0.3, 0.4) is 0 Å². The van der Waals surface area contributed by atoms with E-state index in [1.54, 1.807) is 11.8 Å². The summed E-state index contributed by atoms with van der Waals surface area (Å²) in [5, 5.41) is 4.44. The first-order valence-electron chi connectivity index (χ1n) is 8.61. The first-order valence-corrected chi connectivity index (χ1v) is 9.37. The average molecular weight is 417 g/mol. The number of aromatic nitrogens is 2. The van der Waals surface area contributed by atoms with Crippen LogP contribution in [-0.4, -0.2) is 51.7 Å². The molecule has 1 saturated heterocycles. The van der Waals surface area contributed by atoms with Crippen molar-refractivity contribution in [3.63, 3.8) is 0 Å². The maximum absolute atomic E-state index is 12.9. The molecule has 0 aliphatic carbocycles. The Hall–Kier alpha value is -1.70. The van der Waals surface area contributed by atoms with Gasteiger partial charge in [0.15, 0.2) is 0 Å². The van der Waals surface area contributed by atoms with Crippen LogP contribution in [0.15, 0.2) is 24.3 Å². The highest BCUT2D eigenvalue weighted by atomic mass is 35.5. The Kier molecular flexibility index (Phi) is 6.34. The molecule has 0 atom stereocenters. The molecule has 1 aromatic heterocycles. The SMILES string of the molecule is Cc1c(Cl)c(C(F)F)nn1CC(=O)N1CCN(Cc2ccccc2Cl)CC1. The Morgan fingerprint density at radius 2 is 1.85 bits per heavy atom. The van der Waals surface area contributed by atoms with Gasteiger partial charge in [0.25, 0.3) is 6.43 Å². The summed E-state index contributed by atoms with van der Waals surface area (Å²) in [7, 11) is 0. The van der Waals surface area contributed by atoms with Gasteiger partial charge in [0.1, 0.15) is 12.2 Å². The smallest absolute Gasteiger partial charge is 0.283 e. The monoisotopic (exact) mass is 416 g/mol. The van der Waals surface area contributed by atoms with Crippen LogP contribution in [0, 0.1) is 6.92 Å². The van der Waals surface area contributed by atoms with Crippen molar-refractivity contribution in [2.24, 2.45) is 0 Å². The molecule has 0 unspecified atom stereocenters. The standard InChI is InChI=1S/C18H20Cl2F2N4O/c1-12-16(20)17(18(21)22)23-26(12)11-15(27)25-8-6-24(7-9-25)10-13-4-2-3-5-14(13)19/h2-5,18H,6-11H2,1H3. The van der Waals surface area contributed by atoms with Gasteiger partial charge in [0.05, 0.1) is 10.7 Å². The molecular formula is C18H20Cl2F2N4O. The lowest BCUT2D eigenvalue weighted by atomic mass is 10.2. The third-order valence-electron chi connectivity index (χ3n) is 4.73. The van der Waals surface area contributed by atoms with Gasteiger partial charge < -0.3 is 4.90 Å². The summed E-state index contributed by atoms with van der Waals surface area (Å²) in [6, 6.07) is 7.70. The average Bonchev–Trinajstić information content (AvgIpc) is 2.93. The lowest BCUT2D eigenvalue weighted by molar-refractivity contribution is -0.133. The summed E-state index contributed by atoms with van der Waals surface area (Å²) >= 11 is 12.1. The number of rotatable bonds is 5. The molecule has 27 heavy (non-hydrogen) atoms. The van der Waals surface area contributed by atoms with E-state index in [0.717, 1.165) is 30.2 Å². The summed E-state index contributed by atoms with van der Waals surface area (Å²) in [5.41, 5.74) is 0.949. The third-order valence-corrected chi connectivity index (χ3v) is 5.56. The molecule has 2 heterocycles. The molecule has 9 heteroatoms. The van der Waals surface area contributed by atoms with Crippen molar-refractivity contribution in [3.05, 3.63) is 51.3 Å². The van der Waals surface area contributed by atoms with Crippen molar-refractivity contribution < 1.29 is 13.6 Å². The van der Waals surface area contributed by atoms with Gasteiger partial charge in [-0.05, 0) is 18.6 Å².